The lowest BCUT2D eigenvalue weighted by molar-refractivity contribution is -0.302. The van der Waals surface area contributed by atoms with Crippen LogP contribution in [0.5, 0.6) is 0 Å². The van der Waals surface area contributed by atoms with Gasteiger partial charge in [0, 0.05) is 0 Å². The highest BCUT2D eigenvalue weighted by molar-refractivity contribution is 5.80. The van der Waals surface area contributed by atoms with E-state index in [0.717, 1.165) is 64.2 Å². The monoisotopic (exact) mass is 750 g/mol. The van der Waals surface area contributed by atoms with Crippen molar-refractivity contribution in [2.24, 2.45) is 0 Å². The van der Waals surface area contributed by atoms with E-state index in [1.54, 1.807) is 6.08 Å². The highest BCUT2D eigenvalue weighted by Crippen LogP contribution is 2.22. The van der Waals surface area contributed by atoms with Crippen LogP contribution < -0.4 is 5.32 Å². The van der Waals surface area contributed by atoms with Crippen molar-refractivity contribution >= 4 is 5.91 Å². The first kappa shape index (κ1) is 48.9. The van der Waals surface area contributed by atoms with Gasteiger partial charge in [-0.1, -0.05) is 132 Å². The predicted octanol–water partition coefficient (Wildman–Crippen LogP) is 6.63. The largest absolute Gasteiger partial charge is 0.394 e. The average molecular weight is 750 g/mol. The number of carbonyl (C=O) groups is 1. The summed E-state index contributed by atoms with van der Waals surface area (Å²) in [6, 6.07) is -1.01. The van der Waals surface area contributed by atoms with E-state index in [0.29, 0.717) is 12.8 Å². The molecule has 7 N–H and O–H groups in total. The number of aliphatic hydroxyl groups is 6. The van der Waals surface area contributed by atoms with Crippen molar-refractivity contribution in [2.75, 3.05) is 13.2 Å². The van der Waals surface area contributed by atoms with E-state index in [1.165, 1.54) is 44.9 Å². The van der Waals surface area contributed by atoms with Gasteiger partial charge in [-0.25, -0.2) is 0 Å². The Labute approximate surface area is 320 Å². The number of rotatable bonds is 32. The first-order valence-electron chi connectivity index (χ1n) is 20.6. The lowest BCUT2D eigenvalue weighted by Crippen LogP contribution is -2.60. The molecule has 0 aromatic rings. The molecule has 1 saturated heterocycles. The van der Waals surface area contributed by atoms with Crippen LogP contribution in [0.4, 0.5) is 0 Å². The van der Waals surface area contributed by atoms with E-state index in [9.17, 15) is 35.4 Å². The molecule has 0 bridgehead atoms. The van der Waals surface area contributed by atoms with Crippen LogP contribution in [0.1, 0.15) is 142 Å². The van der Waals surface area contributed by atoms with E-state index < -0.39 is 61.5 Å². The molecule has 8 unspecified atom stereocenters. The number of carbonyl (C=O) groups excluding carboxylic acids is 1. The number of unbranched alkanes of at least 4 members (excludes halogenated alkanes) is 14. The van der Waals surface area contributed by atoms with Crippen LogP contribution in [0.2, 0.25) is 0 Å². The summed E-state index contributed by atoms with van der Waals surface area (Å²) >= 11 is 0. The van der Waals surface area contributed by atoms with Gasteiger partial charge in [-0.15, -0.1) is 0 Å². The normalized spacial score (nSPS) is 22.9. The van der Waals surface area contributed by atoms with E-state index in [4.69, 9.17) is 9.47 Å². The minimum absolute atomic E-state index is 0.280. The molecule has 1 aliphatic rings. The molecule has 0 aliphatic carbocycles. The minimum atomic E-state index is -1.62. The lowest BCUT2D eigenvalue weighted by atomic mass is 9.99. The lowest BCUT2D eigenvalue weighted by Gasteiger charge is -2.40. The molecule has 0 aromatic heterocycles. The SMILES string of the molecule is CCCCC/C=C\C=C/CCCCCCCC(O)C(=O)NC(COC1OC(CO)C(O)C(O)C1O)C(O)/C=C/CC/C=C/CC/C=C/CCCCCC. The topological polar surface area (TPSA) is 169 Å². The van der Waals surface area contributed by atoms with Crippen LogP contribution in [0.3, 0.4) is 0 Å². The van der Waals surface area contributed by atoms with Gasteiger partial charge in [0.2, 0.25) is 5.91 Å². The maximum absolute atomic E-state index is 13.0. The average Bonchev–Trinajstić information content (AvgIpc) is 3.16. The molecule has 1 fully saturated rings. The third kappa shape index (κ3) is 24.1. The van der Waals surface area contributed by atoms with Gasteiger partial charge in [0.25, 0.3) is 0 Å². The second-order valence-electron chi connectivity index (χ2n) is 14.2. The second-order valence-corrected chi connectivity index (χ2v) is 14.2. The fourth-order valence-corrected chi connectivity index (χ4v) is 5.95. The van der Waals surface area contributed by atoms with E-state index in [1.807, 2.05) is 6.08 Å². The van der Waals surface area contributed by atoms with E-state index >= 15 is 0 Å². The van der Waals surface area contributed by atoms with E-state index in [2.05, 4.69) is 67.8 Å². The molecule has 1 amide bonds. The van der Waals surface area contributed by atoms with Gasteiger partial charge < -0.3 is 45.4 Å². The summed E-state index contributed by atoms with van der Waals surface area (Å²) in [5.74, 6) is -0.648. The smallest absolute Gasteiger partial charge is 0.249 e. The highest BCUT2D eigenvalue weighted by atomic mass is 16.7. The zero-order valence-corrected chi connectivity index (χ0v) is 32.9. The van der Waals surface area contributed by atoms with Crippen LogP contribution in [0, 0.1) is 0 Å². The number of hydrogen-bond acceptors (Lipinski definition) is 9. The van der Waals surface area contributed by atoms with Gasteiger partial charge >= 0.3 is 0 Å². The number of ether oxygens (including phenoxy) is 2. The minimum Gasteiger partial charge on any atom is -0.394 e. The van der Waals surface area contributed by atoms with Crippen molar-refractivity contribution in [1.29, 1.82) is 0 Å². The van der Waals surface area contributed by atoms with Crippen molar-refractivity contribution in [1.82, 2.24) is 5.32 Å². The molecule has 1 heterocycles. The van der Waals surface area contributed by atoms with Crippen molar-refractivity contribution in [3.8, 4) is 0 Å². The number of allylic oxidation sites excluding steroid dienone is 9. The van der Waals surface area contributed by atoms with Crippen LogP contribution in [-0.4, -0.2) is 98.7 Å². The maximum Gasteiger partial charge on any atom is 0.249 e. The Morgan fingerprint density at radius 1 is 0.660 bits per heavy atom. The third-order valence-electron chi connectivity index (χ3n) is 9.43. The maximum atomic E-state index is 13.0. The number of aliphatic hydroxyl groups excluding tert-OH is 6. The summed E-state index contributed by atoms with van der Waals surface area (Å²) in [4.78, 5) is 13.0. The fourth-order valence-electron chi connectivity index (χ4n) is 5.95. The quantitative estimate of drug-likeness (QED) is 0.0227. The summed E-state index contributed by atoms with van der Waals surface area (Å²) in [7, 11) is 0. The number of nitrogens with one attached hydrogen (secondary N) is 1. The number of amides is 1. The van der Waals surface area contributed by atoms with Gasteiger partial charge in [0.15, 0.2) is 6.29 Å². The second kappa shape index (κ2) is 33.2. The van der Waals surface area contributed by atoms with Gasteiger partial charge in [-0.3, -0.25) is 4.79 Å². The van der Waals surface area contributed by atoms with Crippen LogP contribution in [0.25, 0.3) is 0 Å². The standard InChI is InChI=1S/C43H75NO9/c1-3-5-7-9-11-13-15-17-19-21-23-25-27-29-31-36(46)35(34-52-43-41(50)40(49)39(48)38(33-45)53-43)44-42(51)37(47)32-30-28-26-24-22-20-18-16-14-12-10-8-6-4-2/h12-16,18,21,23,29,31,35-41,43,45-50H,3-11,17,19-20,22,24-28,30,32-34H2,1-2H3,(H,44,51)/b14-12-,15-13+,18-16-,23-21+,31-29+. The summed E-state index contributed by atoms with van der Waals surface area (Å²) in [6.45, 7) is 3.48. The molecule has 1 rings (SSSR count). The predicted molar refractivity (Wildman–Crippen MR) is 213 cm³/mol. The zero-order chi connectivity index (χ0) is 38.9. The van der Waals surface area contributed by atoms with Crippen LogP contribution in [0.15, 0.2) is 60.8 Å². The summed E-state index contributed by atoms with van der Waals surface area (Å²) in [5.41, 5.74) is 0. The first-order chi connectivity index (χ1) is 25.8. The van der Waals surface area contributed by atoms with Gasteiger partial charge in [-0.05, 0) is 70.6 Å². The Hall–Kier alpha value is -2.15. The van der Waals surface area contributed by atoms with Crippen molar-refractivity contribution in [3.05, 3.63) is 60.8 Å². The molecule has 10 heteroatoms. The van der Waals surface area contributed by atoms with Crippen molar-refractivity contribution in [2.45, 2.75) is 191 Å². The molecular formula is C43H75NO9. The van der Waals surface area contributed by atoms with Gasteiger partial charge in [-0.2, -0.15) is 0 Å². The summed E-state index contributed by atoms with van der Waals surface area (Å²) in [6.07, 6.45) is 31.6. The van der Waals surface area contributed by atoms with Crippen LogP contribution in [-0.2, 0) is 14.3 Å². The summed E-state index contributed by atoms with van der Waals surface area (Å²) < 4.78 is 11.1. The highest BCUT2D eigenvalue weighted by Gasteiger charge is 2.44. The van der Waals surface area contributed by atoms with Crippen molar-refractivity contribution < 1.29 is 44.9 Å². The Kier molecular flexibility index (Phi) is 30.6. The Morgan fingerprint density at radius 3 is 1.79 bits per heavy atom. The molecule has 10 nitrogen and oxygen atoms in total. The molecule has 306 valence electrons. The fraction of sp³-hybridized carbons (Fsp3) is 0.744. The summed E-state index contributed by atoms with van der Waals surface area (Å²) in [5, 5.41) is 64.4. The number of hydrogen-bond donors (Lipinski definition) is 7. The Morgan fingerprint density at radius 2 is 1.17 bits per heavy atom. The molecule has 8 atom stereocenters. The van der Waals surface area contributed by atoms with Crippen LogP contribution >= 0.6 is 0 Å². The Balaban J connectivity index is 2.55. The molecule has 53 heavy (non-hydrogen) atoms. The van der Waals surface area contributed by atoms with E-state index in [-0.39, 0.29) is 13.0 Å². The molecule has 1 aliphatic heterocycles. The third-order valence-corrected chi connectivity index (χ3v) is 9.43. The van der Waals surface area contributed by atoms with Crippen molar-refractivity contribution in [3.63, 3.8) is 0 Å². The van der Waals surface area contributed by atoms with Gasteiger partial charge in [0.1, 0.15) is 30.5 Å². The molecule has 0 radical (unpaired) electrons. The molecule has 0 saturated carbocycles. The Bertz CT molecular complexity index is 1030. The first-order valence-corrected chi connectivity index (χ1v) is 20.6. The molecule has 0 spiro atoms. The zero-order valence-electron chi connectivity index (χ0n) is 32.9. The van der Waals surface area contributed by atoms with Gasteiger partial charge in [0.05, 0.1) is 25.4 Å². The molecule has 0 aromatic carbocycles. The molecular weight excluding hydrogens is 674 g/mol.